The van der Waals surface area contributed by atoms with Gasteiger partial charge in [-0.1, -0.05) is 18.2 Å². The lowest BCUT2D eigenvalue weighted by atomic mass is 9.80. The maximum Gasteiger partial charge on any atom is 0.208 e. The van der Waals surface area contributed by atoms with Gasteiger partial charge in [-0.15, -0.1) is 6.58 Å². The first kappa shape index (κ1) is 16.3. The minimum absolute atomic E-state index is 0.0131. The van der Waals surface area contributed by atoms with Crippen LogP contribution < -0.4 is 4.74 Å². The second-order valence-electron chi connectivity index (χ2n) is 5.72. The third kappa shape index (κ3) is 3.67. The number of halogens is 1. The second-order valence-corrected chi connectivity index (χ2v) is 6.57. The van der Waals surface area contributed by atoms with Gasteiger partial charge in [0.05, 0.1) is 23.1 Å². The van der Waals surface area contributed by atoms with Crippen LogP contribution in [0.2, 0.25) is 0 Å². The highest BCUT2D eigenvalue weighted by Crippen LogP contribution is 2.36. The molecule has 0 radical (unpaired) electrons. The lowest BCUT2D eigenvalue weighted by Crippen LogP contribution is -2.42. The Labute approximate surface area is 144 Å². The molecule has 3 atom stereocenters. The summed E-state index contributed by atoms with van der Waals surface area (Å²) in [6.45, 7) is 4.19. The summed E-state index contributed by atoms with van der Waals surface area (Å²) in [4.78, 5) is 12.7. The van der Waals surface area contributed by atoms with Gasteiger partial charge in [-0.3, -0.25) is 4.79 Å². The Morgan fingerprint density at radius 2 is 2.17 bits per heavy atom. The van der Waals surface area contributed by atoms with Gasteiger partial charge in [0.2, 0.25) is 11.5 Å². The minimum Gasteiger partial charge on any atom is -0.493 e. The summed E-state index contributed by atoms with van der Waals surface area (Å²) < 4.78 is 18.0. The highest BCUT2D eigenvalue weighted by Gasteiger charge is 2.41. The molecule has 0 amide bonds. The molecule has 3 rings (SSSR count). The quantitative estimate of drug-likeness (QED) is 0.726. The molecule has 1 saturated carbocycles. The molecule has 1 fully saturated rings. The fraction of sp³-hybridized carbons (Fsp3) is 0.389. The Kier molecular flexibility index (Phi) is 5.18. The van der Waals surface area contributed by atoms with Crippen molar-refractivity contribution >= 4 is 21.7 Å². The number of para-hydroxylation sites is 1. The summed E-state index contributed by atoms with van der Waals surface area (Å²) in [5.41, 5.74) is 0. The van der Waals surface area contributed by atoms with Crippen LogP contribution in [0.4, 0.5) is 0 Å². The van der Waals surface area contributed by atoms with Crippen molar-refractivity contribution < 1.29 is 19.0 Å². The van der Waals surface area contributed by atoms with Crippen molar-refractivity contribution in [3.63, 3.8) is 0 Å². The molecule has 1 aliphatic carbocycles. The van der Waals surface area contributed by atoms with Crippen LogP contribution in [-0.2, 0) is 14.3 Å². The molecule has 2 aliphatic rings. The molecule has 4 nitrogen and oxygen atoms in total. The molecule has 0 saturated heterocycles. The monoisotopic (exact) mass is 378 g/mol. The molecule has 1 aromatic rings. The highest BCUT2D eigenvalue weighted by molar-refractivity contribution is 9.10. The molecule has 0 spiro atoms. The van der Waals surface area contributed by atoms with Gasteiger partial charge < -0.3 is 14.2 Å². The van der Waals surface area contributed by atoms with Crippen LogP contribution in [0, 0.1) is 5.92 Å². The van der Waals surface area contributed by atoms with Gasteiger partial charge in [0.25, 0.3) is 0 Å². The molecule has 0 bridgehead atoms. The van der Waals surface area contributed by atoms with Crippen LogP contribution in [-0.4, -0.2) is 24.6 Å². The van der Waals surface area contributed by atoms with E-state index in [0.717, 1.165) is 23.7 Å². The van der Waals surface area contributed by atoms with E-state index in [4.69, 9.17) is 14.2 Å². The number of allylic oxidation sites excluding steroid dienone is 1. The van der Waals surface area contributed by atoms with Crippen molar-refractivity contribution in [1.29, 1.82) is 0 Å². The van der Waals surface area contributed by atoms with Gasteiger partial charge in [-0.2, -0.15) is 0 Å². The predicted molar refractivity (Wildman–Crippen MR) is 90.0 cm³/mol. The Hall–Kier alpha value is -1.59. The first-order valence-electron chi connectivity index (χ1n) is 7.73. The van der Waals surface area contributed by atoms with Crippen LogP contribution in [0.3, 0.4) is 0 Å². The van der Waals surface area contributed by atoms with Gasteiger partial charge in [0, 0.05) is 6.42 Å². The first-order valence-corrected chi connectivity index (χ1v) is 8.53. The van der Waals surface area contributed by atoms with E-state index in [1.807, 2.05) is 24.3 Å². The second kappa shape index (κ2) is 7.32. The fourth-order valence-electron chi connectivity index (χ4n) is 3.01. The summed E-state index contributed by atoms with van der Waals surface area (Å²) in [5, 5.41) is 0. The van der Waals surface area contributed by atoms with E-state index in [2.05, 4.69) is 22.5 Å². The van der Waals surface area contributed by atoms with Gasteiger partial charge in [0.15, 0.2) is 0 Å². The van der Waals surface area contributed by atoms with Crippen molar-refractivity contribution in [3.05, 3.63) is 53.4 Å². The Morgan fingerprint density at radius 3 is 2.96 bits per heavy atom. The first-order chi connectivity index (χ1) is 11.2. The fourth-order valence-corrected chi connectivity index (χ4v) is 3.37. The third-order valence-electron chi connectivity index (χ3n) is 4.18. The van der Waals surface area contributed by atoms with Crippen molar-refractivity contribution in [2.24, 2.45) is 5.92 Å². The highest BCUT2D eigenvalue weighted by atomic mass is 79.9. The molecule has 1 aromatic carbocycles. The minimum atomic E-state index is -0.152. The number of fused-ring (bicyclic) bond motifs is 1. The van der Waals surface area contributed by atoms with Crippen LogP contribution in [0.1, 0.15) is 19.3 Å². The van der Waals surface area contributed by atoms with Crippen molar-refractivity contribution in [2.75, 3.05) is 6.61 Å². The summed E-state index contributed by atoms with van der Waals surface area (Å²) in [7, 11) is 0. The number of benzene rings is 1. The molecule has 3 unspecified atom stereocenters. The molecular formula is C18H19BrO4. The largest absolute Gasteiger partial charge is 0.493 e. The average molecular weight is 379 g/mol. The maximum atomic E-state index is 12.7. The Balaban J connectivity index is 1.68. The van der Waals surface area contributed by atoms with E-state index in [-0.39, 0.29) is 29.7 Å². The van der Waals surface area contributed by atoms with Crippen LogP contribution in [0.25, 0.3) is 0 Å². The average Bonchev–Trinajstić information content (AvgIpc) is 2.57. The number of carbonyl (C=O) groups excluding carboxylic acids is 1. The zero-order chi connectivity index (χ0) is 16.2. The molecule has 1 heterocycles. The zero-order valence-electron chi connectivity index (χ0n) is 12.7. The number of hydrogen-bond donors (Lipinski definition) is 0. The van der Waals surface area contributed by atoms with E-state index < -0.39 is 0 Å². The lowest BCUT2D eigenvalue weighted by molar-refractivity contribution is -0.133. The SMILES string of the molecule is C=CCOC1CCC2C(=O)C(Oc3ccccc3Br)=COC2C1. The third-order valence-corrected chi connectivity index (χ3v) is 4.83. The van der Waals surface area contributed by atoms with E-state index in [0.29, 0.717) is 12.4 Å². The van der Waals surface area contributed by atoms with E-state index in [1.54, 1.807) is 6.08 Å². The van der Waals surface area contributed by atoms with Gasteiger partial charge in [-0.05, 0) is 40.9 Å². The summed E-state index contributed by atoms with van der Waals surface area (Å²) in [5.74, 6) is 0.737. The van der Waals surface area contributed by atoms with Crippen LogP contribution in [0.15, 0.2) is 53.4 Å². The molecule has 122 valence electrons. The maximum absolute atomic E-state index is 12.7. The van der Waals surface area contributed by atoms with E-state index >= 15 is 0 Å². The van der Waals surface area contributed by atoms with Crippen molar-refractivity contribution in [3.8, 4) is 5.75 Å². The van der Waals surface area contributed by atoms with Crippen LogP contribution >= 0.6 is 15.9 Å². The standard InChI is InChI=1S/C18H19BrO4/c1-2-9-21-12-7-8-13-16(10-12)22-11-17(18(13)20)23-15-6-4-3-5-14(15)19/h2-6,11-13,16H,1,7-10H2. The number of hydrogen-bond acceptors (Lipinski definition) is 4. The van der Waals surface area contributed by atoms with E-state index in [1.165, 1.54) is 6.26 Å². The van der Waals surface area contributed by atoms with Crippen molar-refractivity contribution in [2.45, 2.75) is 31.5 Å². The number of carbonyl (C=O) groups is 1. The van der Waals surface area contributed by atoms with E-state index in [9.17, 15) is 4.79 Å². The molecular weight excluding hydrogens is 360 g/mol. The Morgan fingerprint density at radius 1 is 1.35 bits per heavy atom. The topological polar surface area (TPSA) is 44.8 Å². The number of Topliss-reactive ketones (excluding diaryl/α,β-unsaturated/α-hetero) is 1. The predicted octanol–water partition coefficient (Wildman–Crippen LogP) is 4.01. The molecule has 0 aromatic heterocycles. The zero-order valence-corrected chi connectivity index (χ0v) is 14.3. The molecule has 5 heteroatoms. The smallest absolute Gasteiger partial charge is 0.208 e. The lowest BCUT2D eigenvalue weighted by Gasteiger charge is -2.37. The number of ketones is 1. The number of rotatable bonds is 5. The number of ether oxygens (including phenoxy) is 3. The molecule has 1 aliphatic heterocycles. The molecule has 0 N–H and O–H groups in total. The van der Waals surface area contributed by atoms with Crippen molar-refractivity contribution in [1.82, 2.24) is 0 Å². The normalized spacial score (nSPS) is 26.7. The van der Waals surface area contributed by atoms with Crippen LogP contribution in [0.5, 0.6) is 5.75 Å². The van der Waals surface area contributed by atoms with Gasteiger partial charge in [0.1, 0.15) is 18.1 Å². The summed E-state index contributed by atoms with van der Waals surface area (Å²) in [6, 6.07) is 7.43. The van der Waals surface area contributed by atoms with Gasteiger partial charge >= 0.3 is 0 Å². The Bertz CT molecular complexity index is 625. The summed E-state index contributed by atoms with van der Waals surface area (Å²) >= 11 is 3.41. The summed E-state index contributed by atoms with van der Waals surface area (Å²) in [6.07, 6.45) is 5.51. The van der Waals surface area contributed by atoms with Gasteiger partial charge in [-0.25, -0.2) is 0 Å². The molecule has 23 heavy (non-hydrogen) atoms.